The molecule has 1 saturated heterocycles. The van der Waals surface area contributed by atoms with Crippen LogP contribution in [0.3, 0.4) is 0 Å². The molecule has 2 aromatic rings. The summed E-state index contributed by atoms with van der Waals surface area (Å²) >= 11 is 0. The Hall–Kier alpha value is -2.41. The minimum atomic E-state index is -0.988. The molecule has 1 aliphatic rings. The van der Waals surface area contributed by atoms with Crippen LogP contribution in [0.5, 0.6) is 0 Å². The van der Waals surface area contributed by atoms with Crippen LogP contribution < -0.4 is 0 Å². The summed E-state index contributed by atoms with van der Waals surface area (Å²) in [6.45, 7) is 1.23. The Morgan fingerprint density at radius 2 is 2.09 bits per heavy atom. The van der Waals surface area contributed by atoms with Gasteiger partial charge in [-0.2, -0.15) is 0 Å². The average molecular weight is 316 g/mol. The van der Waals surface area contributed by atoms with E-state index in [2.05, 4.69) is 22.4 Å². The highest BCUT2D eigenvalue weighted by molar-refractivity contribution is 5.65. The number of aromatic nitrogens is 3. The van der Waals surface area contributed by atoms with Crippen LogP contribution >= 0.6 is 0 Å². The Morgan fingerprint density at radius 1 is 1.30 bits per heavy atom. The van der Waals surface area contributed by atoms with Crippen LogP contribution in [0, 0.1) is 0 Å². The summed E-state index contributed by atoms with van der Waals surface area (Å²) in [5.74, 6) is -0.128. The summed E-state index contributed by atoms with van der Waals surface area (Å²) in [6.07, 6.45) is 1.37. The van der Waals surface area contributed by atoms with Crippen molar-refractivity contribution >= 4 is 6.09 Å². The summed E-state index contributed by atoms with van der Waals surface area (Å²) in [4.78, 5) is 12.3. The van der Waals surface area contributed by atoms with Crippen molar-refractivity contribution in [2.45, 2.75) is 31.4 Å². The number of carboxylic acid groups (broad SMARTS) is 1. The number of β-amino-alcohol motifs (C(OH)–C–C–N with tert-alkyl or cyclic N) is 1. The van der Waals surface area contributed by atoms with E-state index in [-0.39, 0.29) is 12.5 Å². The van der Waals surface area contributed by atoms with Gasteiger partial charge in [0.25, 0.3) is 0 Å². The van der Waals surface area contributed by atoms with E-state index in [9.17, 15) is 9.90 Å². The van der Waals surface area contributed by atoms with Crippen molar-refractivity contribution in [2.75, 3.05) is 13.1 Å². The van der Waals surface area contributed by atoms with Gasteiger partial charge < -0.3 is 15.1 Å². The van der Waals surface area contributed by atoms with Gasteiger partial charge in [0.2, 0.25) is 0 Å². The SMILES string of the molecule is O=C(O)N1CC[C@H](c2cnnn2CCc2ccccc2)[C@@H](O)C1. The topological polar surface area (TPSA) is 91.5 Å². The maximum atomic E-state index is 11.0. The van der Waals surface area contributed by atoms with Crippen LogP contribution in [0.4, 0.5) is 4.79 Å². The number of piperidine rings is 1. The van der Waals surface area contributed by atoms with Gasteiger partial charge in [-0.1, -0.05) is 35.5 Å². The highest BCUT2D eigenvalue weighted by Crippen LogP contribution is 2.28. The van der Waals surface area contributed by atoms with E-state index < -0.39 is 12.2 Å². The van der Waals surface area contributed by atoms with E-state index >= 15 is 0 Å². The minimum Gasteiger partial charge on any atom is -0.465 e. The molecule has 7 heteroatoms. The molecule has 1 amide bonds. The summed E-state index contributed by atoms with van der Waals surface area (Å²) in [5.41, 5.74) is 2.09. The Kier molecular flexibility index (Phi) is 4.57. The molecule has 0 spiro atoms. The second-order valence-electron chi connectivity index (χ2n) is 5.81. The summed E-state index contributed by atoms with van der Waals surface area (Å²) < 4.78 is 1.82. The second-order valence-corrected chi connectivity index (χ2v) is 5.81. The average Bonchev–Trinajstić information content (AvgIpc) is 3.02. The highest BCUT2D eigenvalue weighted by atomic mass is 16.4. The summed E-state index contributed by atoms with van der Waals surface area (Å²) in [6, 6.07) is 10.1. The number of hydrogen-bond donors (Lipinski definition) is 2. The molecule has 1 aliphatic heterocycles. The zero-order chi connectivity index (χ0) is 16.2. The molecular weight excluding hydrogens is 296 g/mol. The first-order valence-electron chi connectivity index (χ1n) is 7.73. The minimum absolute atomic E-state index is 0.128. The van der Waals surface area contributed by atoms with Crippen molar-refractivity contribution in [1.82, 2.24) is 19.9 Å². The molecule has 2 atom stereocenters. The molecule has 0 saturated carbocycles. The lowest BCUT2D eigenvalue weighted by atomic mass is 9.91. The lowest BCUT2D eigenvalue weighted by Gasteiger charge is -2.34. The van der Waals surface area contributed by atoms with Crippen LogP contribution in [-0.4, -0.2) is 55.4 Å². The van der Waals surface area contributed by atoms with Crippen molar-refractivity contribution in [3.05, 3.63) is 47.8 Å². The fraction of sp³-hybridized carbons (Fsp3) is 0.438. The lowest BCUT2D eigenvalue weighted by molar-refractivity contribution is 0.0480. The first kappa shape index (κ1) is 15.5. The number of nitrogens with zero attached hydrogens (tertiary/aromatic N) is 4. The van der Waals surface area contributed by atoms with Crippen molar-refractivity contribution in [1.29, 1.82) is 0 Å². The molecule has 1 aromatic carbocycles. The number of aliphatic hydroxyl groups excluding tert-OH is 1. The summed E-state index contributed by atoms with van der Waals surface area (Å²) in [5, 5.41) is 27.4. The number of hydrogen-bond acceptors (Lipinski definition) is 4. The van der Waals surface area contributed by atoms with Crippen LogP contribution in [-0.2, 0) is 13.0 Å². The van der Waals surface area contributed by atoms with Crippen LogP contribution in [0.1, 0.15) is 23.6 Å². The molecule has 0 radical (unpaired) electrons. The van der Waals surface area contributed by atoms with Gasteiger partial charge in [0.15, 0.2) is 0 Å². The van der Waals surface area contributed by atoms with Crippen LogP contribution in [0.15, 0.2) is 36.5 Å². The van der Waals surface area contributed by atoms with E-state index in [0.29, 0.717) is 19.5 Å². The number of aryl methyl sites for hydroxylation is 2. The Labute approximate surface area is 134 Å². The molecule has 3 rings (SSSR count). The van der Waals surface area contributed by atoms with Crippen molar-refractivity contribution < 1.29 is 15.0 Å². The number of carbonyl (C=O) groups is 1. The Morgan fingerprint density at radius 3 is 2.78 bits per heavy atom. The third-order valence-corrected chi connectivity index (χ3v) is 4.34. The van der Waals surface area contributed by atoms with Crippen LogP contribution in [0.2, 0.25) is 0 Å². The van der Waals surface area contributed by atoms with Crippen molar-refractivity contribution in [3.8, 4) is 0 Å². The fourth-order valence-electron chi connectivity index (χ4n) is 3.06. The molecule has 2 N–H and O–H groups in total. The normalized spacial score (nSPS) is 21.3. The van der Waals surface area contributed by atoms with Crippen molar-refractivity contribution in [3.63, 3.8) is 0 Å². The van der Waals surface area contributed by atoms with E-state index in [4.69, 9.17) is 5.11 Å². The van der Waals surface area contributed by atoms with E-state index in [0.717, 1.165) is 12.1 Å². The van der Waals surface area contributed by atoms with Crippen molar-refractivity contribution in [2.24, 2.45) is 0 Å². The molecule has 2 heterocycles. The molecule has 1 fully saturated rings. The van der Waals surface area contributed by atoms with Crippen LogP contribution in [0.25, 0.3) is 0 Å². The number of benzene rings is 1. The Balaban J connectivity index is 1.67. The smallest absolute Gasteiger partial charge is 0.407 e. The maximum absolute atomic E-state index is 11.0. The largest absolute Gasteiger partial charge is 0.465 e. The first-order valence-corrected chi connectivity index (χ1v) is 7.73. The standard InChI is InChI=1S/C16H20N4O3/c21-15-11-19(16(22)23)8-7-13(15)14-10-17-18-20(14)9-6-12-4-2-1-3-5-12/h1-5,10,13,15,21H,6-9,11H2,(H,22,23)/t13-,15+/m1/s1. The quantitative estimate of drug-likeness (QED) is 0.888. The molecular formula is C16H20N4O3. The molecule has 122 valence electrons. The van der Waals surface area contributed by atoms with Gasteiger partial charge in [0, 0.05) is 19.0 Å². The van der Waals surface area contributed by atoms with E-state index in [1.807, 2.05) is 22.9 Å². The molecule has 7 nitrogen and oxygen atoms in total. The second kappa shape index (κ2) is 6.78. The number of amides is 1. The maximum Gasteiger partial charge on any atom is 0.407 e. The van der Waals surface area contributed by atoms with E-state index in [1.165, 1.54) is 10.5 Å². The van der Waals surface area contributed by atoms with Gasteiger partial charge in [0.05, 0.1) is 24.5 Å². The molecule has 23 heavy (non-hydrogen) atoms. The fourth-order valence-corrected chi connectivity index (χ4v) is 3.06. The number of likely N-dealkylation sites (tertiary alicyclic amines) is 1. The van der Waals surface area contributed by atoms with Gasteiger partial charge in [-0.15, -0.1) is 5.10 Å². The molecule has 0 bridgehead atoms. The van der Waals surface area contributed by atoms with Gasteiger partial charge in [-0.25, -0.2) is 9.48 Å². The predicted molar refractivity (Wildman–Crippen MR) is 83.1 cm³/mol. The van der Waals surface area contributed by atoms with Gasteiger partial charge in [-0.3, -0.25) is 0 Å². The van der Waals surface area contributed by atoms with E-state index in [1.54, 1.807) is 6.20 Å². The third-order valence-electron chi connectivity index (χ3n) is 4.34. The zero-order valence-electron chi connectivity index (χ0n) is 12.7. The predicted octanol–water partition coefficient (Wildman–Crippen LogP) is 1.35. The summed E-state index contributed by atoms with van der Waals surface area (Å²) in [7, 11) is 0. The van der Waals surface area contributed by atoms with Gasteiger partial charge in [0.1, 0.15) is 0 Å². The molecule has 0 unspecified atom stereocenters. The highest BCUT2D eigenvalue weighted by Gasteiger charge is 2.33. The molecule has 1 aromatic heterocycles. The first-order chi connectivity index (χ1) is 11.1. The molecule has 0 aliphatic carbocycles. The number of rotatable bonds is 4. The zero-order valence-corrected chi connectivity index (χ0v) is 12.7. The monoisotopic (exact) mass is 316 g/mol. The van der Waals surface area contributed by atoms with Gasteiger partial charge >= 0.3 is 6.09 Å². The Bertz CT molecular complexity index is 658. The third kappa shape index (κ3) is 3.50. The van der Waals surface area contributed by atoms with Gasteiger partial charge in [-0.05, 0) is 18.4 Å². The number of aliphatic hydroxyl groups is 1. The lowest BCUT2D eigenvalue weighted by Crippen LogP contribution is -2.45.